The number of carbonyl (C=O) groups excluding carboxylic acids is 1. The molecule has 0 bridgehead atoms. The molecule has 1 heterocycles. The van der Waals surface area contributed by atoms with E-state index in [0.717, 1.165) is 5.56 Å². The third-order valence-electron chi connectivity index (χ3n) is 1.98. The predicted molar refractivity (Wildman–Crippen MR) is 58.8 cm³/mol. The van der Waals surface area contributed by atoms with Crippen molar-refractivity contribution in [2.45, 2.75) is 18.9 Å². The van der Waals surface area contributed by atoms with E-state index in [2.05, 4.69) is 10.9 Å². The van der Waals surface area contributed by atoms with Crippen molar-refractivity contribution in [1.29, 1.82) is 0 Å². The van der Waals surface area contributed by atoms with Crippen LogP contribution in [0.4, 0.5) is 5.82 Å². The number of anilines is 1. The Bertz CT molecular complexity index is 395. The highest BCUT2D eigenvalue weighted by Gasteiger charge is 2.12. The minimum Gasteiger partial charge on any atom is -0.384 e. The Kier molecular flexibility index (Phi) is 3.83. The summed E-state index contributed by atoms with van der Waals surface area (Å²) < 4.78 is 0. The second kappa shape index (κ2) is 5.13. The highest BCUT2D eigenvalue weighted by Crippen LogP contribution is 2.05. The third-order valence-corrected chi connectivity index (χ3v) is 1.98. The standard InChI is InChI=1S/C11H13N3O/c1-2-3-9(12)10(15)6-8-4-5-14-11(13)7-8/h1,4-5,7,9H,3,6,12H2,(H2,13,14). The number of rotatable bonds is 4. The molecule has 4 heteroatoms. The molecule has 1 unspecified atom stereocenters. The Morgan fingerprint density at radius 2 is 2.40 bits per heavy atom. The summed E-state index contributed by atoms with van der Waals surface area (Å²) in [7, 11) is 0. The van der Waals surface area contributed by atoms with E-state index in [1.54, 1.807) is 18.3 Å². The summed E-state index contributed by atoms with van der Waals surface area (Å²) in [6, 6.07) is 2.79. The lowest BCUT2D eigenvalue weighted by Crippen LogP contribution is -2.31. The number of carbonyl (C=O) groups is 1. The van der Waals surface area contributed by atoms with E-state index in [4.69, 9.17) is 17.9 Å². The van der Waals surface area contributed by atoms with Crippen molar-refractivity contribution in [1.82, 2.24) is 4.98 Å². The average molecular weight is 203 g/mol. The molecule has 0 aliphatic heterocycles. The Balaban J connectivity index is 2.63. The van der Waals surface area contributed by atoms with Gasteiger partial charge < -0.3 is 11.5 Å². The number of Topliss-reactive ketones (excluding diaryl/α,β-unsaturated/α-hetero) is 1. The summed E-state index contributed by atoms with van der Waals surface area (Å²) in [5, 5.41) is 0. The molecule has 0 radical (unpaired) electrons. The molecule has 0 aliphatic carbocycles. The second-order valence-electron chi connectivity index (χ2n) is 3.25. The van der Waals surface area contributed by atoms with Gasteiger partial charge in [-0.05, 0) is 17.7 Å². The molecular formula is C11H13N3O. The van der Waals surface area contributed by atoms with Crippen molar-refractivity contribution in [2.24, 2.45) is 5.73 Å². The fourth-order valence-electron chi connectivity index (χ4n) is 1.18. The van der Waals surface area contributed by atoms with Crippen molar-refractivity contribution >= 4 is 11.6 Å². The minimum atomic E-state index is -0.593. The molecule has 0 fully saturated rings. The van der Waals surface area contributed by atoms with E-state index in [1.165, 1.54) is 0 Å². The number of nitrogen functional groups attached to an aromatic ring is 1. The molecular weight excluding hydrogens is 190 g/mol. The molecule has 0 saturated heterocycles. The highest BCUT2D eigenvalue weighted by molar-refractivity contribution is 5.86. The smallest absolute Gasteiger partial charge is 0.154 e. The zero-order valence-electron chi connectivity index (χ0n) is 8.31. The van der Waals surface area contributed by atoms with Crippen LogP contribution in [-0.4, -0.2) is 16.8 Å². The monoisotopic (exact) mass is 203 g/mol. The van der Waals surface area contributed by atoms with Crippen LogP contribution < -0.4 is 11.5 Å². The molecule has 0 aliphatic rings. The first-order chi connectivity index (χ1) is 7.13. The first-order valence-electron chi connectivity index (χ1n) is 4.55. The minimum absolute atomic E-state index is 0.0847. The van der Waals surface area contributed by atoms with Gasteiger partial charge in [-0.2, -0.15) is 0 Å². The Labute approximate surface area is 88.7 Å². The van der Waals surface area contributed by atoms with Gasteiger partial charge in [0.05, 0.1) is 6.04 Å². The normalized spacial score (nSPS) is 11.7. The van der Waals surface area contributed by atoms with Gasteiger partial charge in [0.2, 0.25) is 0 Å². The Hall–Kier alpha value is -1.86. The number of nitrogens with two attached hydrogens (primary N) is 2. The number of hydrogen-bond acceptors (Lipinski definition) is 4. The fraction of sp³-hybridized carbons (Fsp3) is 0.273. The van der Waals surface area contributed by atoms with Gasteiger partial charge in [-0.25, -0.2) is 4.98 Å². The number of pyridine rings is 1. The molecule has 4 N–H and O–H groups in total. The van der Waals surface area contributed by atoms with Crippen molar-refractivity contribution < 1.29 is 4.79 Å². The molecule has 0 amide bonds. The van der Waals surface area contributed by atoms with Gasteiger partial charge in [0, 0.05) is 19.0 Å². The van der Waals surface area contributed by atoms with Crippen molar-refractivity contribution in [2.75, 3.05) is 5.73 Å². The molecule has 1 aromatic rings. The second-order valence-corrected chi connectivity index (χ2v) is 3.25. The van der Waals surface area contributed by atoms with Crippen LogP contribution in [0, 0.1) is 12.3 Å². The number of terminal acetylenes is 1. The van der Waals surface area contributed by atoms with E-state index in [1.807, 2.05) is 0 Å². The lowest BCUT2D eigenvalue weighted by molar-refractivity contribution is -0.119. The first-order valence-corrected chi connectivity index (χ1v) is 4.55. The molecule has 1 rings (SSSR count). The van der Waals surface area contributed by atoms with Gasteiger partial charge in [0.25, 0.3) is 0 Å². The van der Waals surface area contributed by atoms with Crippen LogP contribution >= 0.6 is 0 Å². The topological polar surface area (TPSA) is 82.0 Å². The number of nitrogens with zero attached hydrogens (tertiary/aromatic N) is 1. The summed E-state index contributed by atoms with van der Waals surface area (Å²) in [6.45, 7) is 0. The molecule has 0 spiro atoms. The lowest BCUT2D eigenvalue weighted by atomic mass is 10.0. The van der Waals surface area contributed by atoms with Crippen molar-refractivity contribution in [3.8, 4) is 12.3 Å². The average Bonchev–Trinajstić information content (AvgIpc) is 2.18. The fourth-order valence-corrected chi connectivity index (χ4v) is 1.18. The molecule has 0 saturated carbocycles. The molecule has 0 aromatic carbocycles. The van der Waals surface area contributed by atoms with Gasteiger partial charge in [-0.1, -0.05) is 0 Å². The summed E-state index contributed by atoms with van der Waals surface area (Å²) in [4.78, 5) is 15.4. The zero-order valence-corrected chi connectivity index (χ0v) is 8.31. The van der Waals surface area contributed by atoms with Crippen molar-refractivity contribution in [3.05, 3.63) is 23.9 Å². The van der Waals surface area contributed by atoms with E-state index in [-0.39, 0.29) is 18.6 Å². The van der Waals surface area contributed by atoms with Crippen LogP contribution in [0.25, 0.3) is 0 Å². The van der Waals surface area contributed by atoms with E-state index < -0.39 is 6.04 Å². The SMILES string of the molecule is C#CCC(N)C(=O)Cc1ccnc(N)c1. The number of hydrogen-bond donors (Lipinski definition) is 2. The Morgan fingerprint density at radius 1 is 1.67 bits per heavy atom. The highest BCUT2D eigenvalue weighted by atomic mass is 16.1. The maximum atomic E-state index is 11.5. The zero-order chi connectivity index (χ0) is 11.3. The maximum Gasteiger partial charge on any atom is 0.154 e. The molecule has 1 atom stereocenters. The summed E-state index contributed by atoms with van der Waals surface area (Å²) in [5.41, 5.74) is 11.9. The van der Waals surface area contributed by atoms with Crippen LogP contribution in [0.5, 0.6) is 0 Å². The molecule has 1 aromatic heterocycles. The van der Waals surface area contributed by atoms with Gasteiger partial charge in [0.15, 0.2) is 5.78 Å². The van der Waals surface area contributed by atoms with Gasteiger partial charge in [-0.3, -0.25) is 4.79 Å². The largest absolute Gasteiger partial charge is 0.384 e. The van der Waals surface area contributed by atoms with Crippen LogP contribution in [0.1, 0.15) is 12.0 Å². The van der Waals surface area contributed by atoms with Crippen LogP contribution in [-0.2, 0) is 11.2 Å². The third kappa shape index (κ3) is 3.41. The Morgan fingerprint density at radius 3 is 3.00 bits per heavy atom. The predicted octanol–water partition coefficient (Wildman–Crippen LogP) is 0.126. The van der Waals surface area contributed by atoms with Crippen LogP contribution in [0.3, 0.4) is 0 Å². The number of ketones is 1. The van der Waals surface area contributed by atoms with Gasteiger partial charge in [0.1, 0.15) is 5.82 Å². The van der Waals surface area contributed by atoms with E-state index in [0.29, 0.717) is 5.82 Å². The maximum absolute atomic E-state index is 11.5. The van der Waals surface area contributed by atoms with Crippen LogP contribution in [0.15, 0.2) is 18.3 Å². The molecule has 78 valence electrons. The van der Waals surface area contributed by atoms with E-state index in [9.17, 15) is 4.79 Å². The number of aromatic nitrogens is 1. The summed E-state index contributed by atoms with van der Waals surface area (Å²) in [5.74, 6) is 2.67. The lowest BCUT2D eigenvalue weighted by Gasteiger charge is -2.06. The van der Waals surface area contributed by atoms with Crippen molar-refractivity contribution in [3.63, 3.8) is 0 Å². The first kappa shape index (κ1) is 11.2. The van der Waals surface area contributed by atoms with Gasteiger partial charge >= 0.3 is 0 Å². The quantitative estimate of drug-likeness (QED) is 0.681. The van der Waals surface area contributed by atoms with Crippen LogP contribution in [0.2, 0.25) is 0 Å². The molecule has 15 heavy (non-hydrogen) atoms. The van der Waals surface area contributed by atoms with E-state index >= 15 is 0 Å². The summed E-state index contributed by atoms with van der Waals surface area (Å²) >= 11 is 0. The summed E-state index contributed by atoms with van der Waals surface area (Å²) in [6.07, 6.45) is 7.14. The van der Waals surface area contributed by atoms with Gasteiger partial charge in [-0.15, -0.1) is 12.3 Å². The molecule has 4 nitrogen and oxygen atoms in total.